The lowest BCUT2D eigenvalue weighted by Gasteiger charge is -2.15. The molecule has 0 fully saturated rings. The van der Waals surface area contributed by atoms with Crippen molar-refractivity contribution in [3.8, 4) is 0 Å². The Kier molecular flexibility index (Phi) is 6.29. The van der Waals surface area contributed by atoms with Gasteiger partial charge in [0.25, 0.3) is 5.91 Å². The zero-order valence-corrected chi connectivity index (χ0v) is 11.7. The number of nitro groups is 1. The van der Waals surface area contributed by atoms with Crippen LogP contribution in [0.2, 0.25) is 5.15 Å². The van der Waals surface area contributed by atoms with E-state index in [0.29, 0.717) is 0 Å². The minimum atomic E-state index is -0.743. The molecule has 1 aromatic heterocycles. The highest BCUT2D eigenvalue weighted by Crippen LogP contribution is 2.25. The molecule has 1 atom stereocenters. The van der Waals surface area contributed by atoms with Crippen molar-refractivity contribution in [3.63, 3.8) is 0 Å². The van der Waals surface area contributed by atoms with Crippen LogP contribution in [0.4, 0.5) is 5.69 Å². The molecule has 1 rings (SSSR count). The highest BCUT2D eigenvalue weighted by Gasteiger charge is 2.25. The molecule has 8 nitrogen and oxygen atoms in total. The molecule has 0 saturated carbocycles. The Balaban J connectivity index is 2.83. The molecule has 0 aliphatic heterocycles. The Morgan fingerprint density at radius 3 is 2.85 bits per heavy atom. The van der Waals surface area contributed by atoms with Gasteiger partial charge in [0.2, 0.25) is 5.15 Å². The zero-order valence-electron chi connectivity index (χ0n) is 11.0. The van der Waals surface area contributed by atoms with Gasteiger partial charge in [-0.1, -0.05) is 11.6 Å². The lowest BCUT2D eigenvalue weighted by molar-refractivity contribution is -0.385. The van der Waals surface area contributed by atoms with Crippen molar-refractivity contribution in [2.75, 3.05) is 27.4 Å². The third-order valence-corrected chi connectivity index (χ3v) is 2.76. The molecular formula is C11H14ClN3O5. The van der Waals surface area contributed by atoms with Crippen LogP contribution in [0.15, 0.2) is 12.3 Å². The number of methoxy groups -OCH3 is 2. The molecule has 110 valence electrons. The zero-order chi connectivity index (χ0) is 15.1. The number of ether oxygens (including phenoxy) is 2. The van der Waals surface area contributed by atoms with Gasteiger partial charge in [0.15, 0.2) is 0 Å². The third-order valence-electron chi connectivity index (χ3n) is 2.48. The van der Waals surface area contributed by atoms with Crippen LogP contribution in [0.3, 0.4) is 0 Å². The summed E-state index contributed by atoms with van der Waals surface area (Å²) < 4.78 is 9.96. The number of halogens is 1. The first-order chi connectivity index (χ1) is 9.51. The van der Waals surface area contributed by atoms with E-state index in [1.165, 1.54) is 26.5 Å². The SMILES string of the molecule is COCC(CNC(=O)c1ccnc(Cl)c1[N+](=O)[O-])OC. The number of carbonyl (C=O) groups is 1. The molecule has 0 aromatic carbocycles. The molecule has 0 spiro atoms. The molecule has 0 bridgehead atoms. The number of hydrogen-bond donors (Lipinski definition) is 1. The number of aromatic nitrogens is 1. The highest BCUT2D eigenvalue weighted by molar-refractivity contribution is 6.32. The van der Waals surface area contributed by atoms with Gasteiger partial charge in [-0.05, 0) is 6.07 Å². The molecule has 0 radical (unpaired) electrons. The molecule has 1 unspecified atom stereocenters. The van der Waals surface area contributed by atoms with Crippen molar-refractivity contribution < 1.29 is 19.2 Å². The van der Waals surface area contributed by atoms with Gasteiger partial charge in [-0.2, -0.15) is 0 Å². The Labute approximate surface area is 120 Å². The molecule has 1 heterocycles. The summed E-state index contributed by atoms with van der Waals surface area (Å²) in [4.78, 5) is 25.7. The largest absolute Gasteiger partial charge is 0.382 e. The van der Waals surface area contributed by atoms with Crippen molar-refractivity contribution in [2.45, 2.75) is 6.10 Å². The number of hydrogen-bond acceptors (Lipinski definition) is 6. The average molecular weight is 304 g/mol. The van der Waals surface area contributed by atoms with E-state index >= 15 is 0 Å². The first-order valence-electron chi connectivity index (χ1n) is 5.60. The predicted molar refractivity (Wildman–Crippen MR) is 70.9 cm³/mol. The van der Waals surface area contributed by atoms with Crippen LogP contribution >= 0.6 is 11.6 Å². The van der Waals surface area contributed by atoms with Gasteiger partial charge in [-0.25, -0.2) is 4.98 Å². The minimum absolute atomic E-state index is 0.151. The number of nitrogens with zero attached hydrogens (tertiary/aromatic N) is 2. The molecular weight excluding hydrogens is 290 g/mol. The maximum absolute atomic E-state index is 11.9. The normalized spacial score (nSPS) is 11.9. The molecule has 1 aromatic rings. The van der Waals surface area contributed by atoms with Gasteiger partial charge in [0.05, 0.1) is 17.6 Å². The molecule has 0 aliphatic carbocycles. The third kappa shape index (κ3) is 4.12. The average Bonchev–Trinajstić information content (AvgIpc) is 2.42. The summed E-state index contributed by atoms with van der Waals surface area (Å²) in [5.74, 6) is -0.626. The van der Waals surface area contributed by atoms with Crippen LogP contribution in [-0.4, -0.2) is 49.3 Å². The molecule has 1 amide bonds. The van der Waals surface area contributed by atoms with E-state index in [1.807, 2.05) is 0 Å². The first kappa shape index (κ1) is 16.3. The molecule has 0 aliphatic rings. The number of nitrogens with one attached hydrogen (secondary N) is 1. The van der Waals surface area contributed by atoms with E-state index in [0.717, 1.165) is 0 Å². The predicted octanol–water partition coefficient (Wildman–Crippen LogP) is 1.03. The standard InChI is InChI=1S/C11H14ClN3O5/c1-19-6-7(20-2)5-14-11(16)8-3-4-13-10(12)9(8)15(17)18/h3-4,7H,5-6H2,1-2H3,(H,14,16). The maximum Gasteiger partial charge on any atom is 0.319 e. The molecule has 9 heteroatoms. The van der Waals surface area contributed by atoms with Crippen LogP contribution in [-0.2, 0) is 9.47 Å². The van der Waals surface area contributed by atoms with Gasteiger partial charge in [0.1, 0.15) is 5.56 Å². The quantitative estimate of drug-likeness (QED) is 0.458. The van der Waals surface area contributed by atoms with Crippen molar-refractivity contribution in [3.05, 3.63) is 33.1 Å². The van der Waals surface area contributed by atoms with Crippen molar-refractivity contribution in [1.82, 2.24) is 10.3 Å². The van der Waals surface area contributed by atoms with Gasteiger partial charge in [0, 0.05) is 27.0 Å². The Bertz CT molecular complexity index is 497. The number of pyridine rings is 1. The summed E-state index contributed by atoms with van der Waals surface area (Å²) in [6, 6.07) is 1.23. The smallest absolute Gasteiger partial charge is 0.319 e. The van der Waals surface area contributed by atoms with Crippen molar-refractivity contribution in [2.24, 2.45) is 0 Å². The van der Waals surface area contributed by atoms with Crippen molar-refractivity contribution >= 4 is 23.2 Å². The highest BCUT2D eigenvalue weighted by atomic mass is 35.5. The monoisotopic (exact) mass is 303 g/mol. The van der Waals surface area contributed by atoms with Crippen LogP contribution in [0.5, 0.6) is 0 Å². The van der Waals surface area contributed by atoms with Crippen LogP contribution in [0.25, 0.3) is 0 Å². The molecule has 1 N–H and O–H groups in total. The number of rotatable bonds is 7. The van der Waals surface area contributed by atoms with Gasteiger partial charge in [-0.3, -0.25) is 14.9 Å². The van der Waals surface area contributed by atoms with Gasteiger partial charge >= 0.3 is 5.69 Å². The van der Waals surface area contributed by atoms with E-state index in [1.54, 1.807) is 0 Å². The number of carbonyl (C=O) groups excluding carboxylic acids is 1. The summed E-state index contributed by atoms with van der Waals surface area (Å²) in [5, 5.41) is 13.1. The lowest BCUT2D eigenvalue weighted by Crippen LogP contribution is -2.35. The second kappa shape index (κ2) is 7.73. The Morgan fingerprint density at radius 1 is 1.60 bits per heavy atom. The fraction of sp³-hybridized carbons (Fsp3) is 0.455. The maximum atomic E-state index is 11.9. The van der Waals surface area contributed by atoms with Crippen molar-refractivity contribution in [1.29, 1.82) is 0 Å². The topological polar surface area (TPSA) is 104 Å². The Hall–Kier alpha value is -1.77. The van der Waals surface area contributed by atoms with Gasteiger partial charge < -0.3 is 14.8 Å². The minimum Gasteiger partial charge on any atom is -0.382 e. The van der Waals surface area contributed by atoms with Gasteiger partial charge in [-0.15, -0.1) is 0 Å². The van der Waals surface area contributed by atoms with E-state index in [4.69, 9.17) is 21.1 Å². The van der Waals surface area contributed by atoms with Crippen LogP contribution < -0.4 is 5.32 Å². The summed E-state index contributed by atoms with van der Waals surface area (Å²) in [7, 11) is 2.98. The second-order valence-corrected chi connectivity index (χ2v) is 4.14. The fourth-order valence-corrected chi connectivity index (χ4v) is 1.71. The van der Waals surface area contributed by atoms with Crippen LogP contribution in [0.1, 0.15) is 10.4 Å². The number of amides is 1. The summed E-state index contributed by atoms with van der Waals surface area (Å²) in [6.07, 6.45) is 0.882. The summed E-state index contributed by atoms with van der Waals surface area (Å²) in [5.41, 5.74) is -0.672. The van der Waals surface area contributed by atoms with E-state index in [9.17, 15) is 14.9 Å². The molecule has 20 heavy (non-hydrogen) atoms. The fourth-order valence-electron chi connectivity index (χ4n) is 1.48. The summed E-state index contributed by atoms with van der Waals surface area (Å²) >= 11 is 5.63. The first-order valence-corrected chi connectivity index (χ1v) is 5.97. The van der Waals surface area contributed by atoms with E-state index in [-0.39, 0.29) is 30.0 Å². The van der Waals surface area contributed by atoms with E-state index in [2.05, 4.69) is 10.3 Å². The summed E-state index contributed by atoms with van der Waals surface area (Å²) in [6.45, 7) is 0.441. The van der Waals surface area contributed by atoms with E-state index < -0.39 is 16.5 Å². The second-order valence-electron chi connectivity index (χ2n) is 3.78. The Morgan fingerprint density at radius 2 is 2.30 bits per heavy atom. The van der Waals surface area contributed by atoms with Crippen LogP contribution in [0, 0.1) is 10.1 Å². The molecule has 0 saturated heterocycles. The lowest BCUT2D eigenvalue weighted by atomic mass is 10.2.